The summed E-state index contributed by atoms with van der Waals surface area (Å²) in [5.41, 5.74) is 3.96. The minimum Gasteiger partial charge on any atom is -0.480 e. The summed E-state index contributed by atoms with van der Waals surface area (Å²) in [6, 6.07) is 57.2. The molecule has 1 aliphatic rings. The summed E-state index contributed by atoms with van der Waals surface area (Å²) in [4.78, 5) is 56.5. The molecule has 68 heavy (non-hydrogen) atoms. The molecule has 3 amide bonds. The van der Waals surface area contributed by atoms with E-state index in [9.17, 15) is 24.3 Å². The van der Waals surface area contributed by atoms with Crippen molar-refractivity contribution < 1.29 is 29.0 Å². The van der Waals surface area contributed by atoms with Crippen molar-refractivity contribution in [3.8, 4) is 0 Å². The highest BCUT2D eigenvalue weighted by Gasteiger charge is 2.49. The van der Waals surface area contributed by atoms with Crippen molar-refractivity contribution in [1.82, 2.24) is 16.0 Å². The van der Waals surface area contributed by atoms with Gasteiger partial charge in [0.2, 0.25) is 11.8 Å². The number of carboxylic acid groups (broad SMARTS) is 1. The highest BCUT2D eigenvalue weighted by molar-refractivity contribution is 8.01. The molecule has 7 rings (SSSR count). The maximum Gasteiger partial charge on any atom is 0.408 e. The second-order valence-corrected chi connectivity index (χ2v) is 20.8. The quantitative estimate of drug-likeness (QED) is 0.0590. The number of carbonyl (C=O) groups excluding carboxylic acids is 3. The lowest BCUT2D eigenvalue weighted by atomic mass is 9.78. The molecule has 352 valence electrons. The maximum atomic E-state index is 14.8. The van der Waals surface area contributed by atoms with Crippen LogP contribution in [0.1, 0.15) is 86.8 Å². The topological polar surface area (TPSA) is 134 Å². The lowest BCUT2D eigenvalue weighted by Gasteiger charge is -2.38. The molecule has 9 nitrogen and oxygen atoms in total. The first kappa shape index (κ1) is 49.6. The molecule has 4 N–H and O–H groups in total. The number of alkyl carbamates (subject to hydrolysis) is 1. The predicted octanol–water partition coefficient (Wildman–Crippen LogP) is 11.0. The number of hydrogen-bond acceptors (Lipinski definition) is 7. The highest BCUT2D eigenvalue weighted by Crippen LogP contribution is 2.50. The van der Waals surface area contributed by atoms with E-state index in [2.05, 4.69) is 52.3 Å². The zero-order valence-electron chi connectivity index (χ0n) is 39.1. The van der Waals surface area contributed by atoms with E-state index < -0.39 is 62.5 Å². The largest absolute Gasteiger partial charge is 0.480 e. The maximum absolute atomic E-state index is 14.8. The molecule has 1 aliphatic carbocycles. The molecule has 1 fully saturated rings. The molecule has 0 bridgehead atoms. The van der Waals surface area contributed by atoms with Crippen LogP contribution in [-0.4, -0.2) is 64.2 Å². The molecule has 6 aromatic rings. The number of carbonyl (C=O) groups is 4. The van der Waals surface area contributed by atoms with Crippen LogP contribution in [0.2, 0.25) is 0 Å². The van der Waals surface area contributed by atoms with Crippen molar-refractivity contribution in [1.29, 1.82) is 0 Å². The average molecular weight is 948 g/mol. The molecular formula is C57H61N3O6S2. The summed E-state index contributed by atoms with van der Waals surface area (Å²) in [5, 5.41) is 19.8. The fourth-order valence-electron chi connectivity index (χ4n) is 9.38. The Morgan fingerprint density at radius 1 is 0.529 bits per heavy atom. The molecule has 0 saturated heterocycles. The van der Waals surface area contributed by atoms with Gasteiger partial charge in [0.05, 0.1) is 14.9 Å². The molecule has 1 saturated carbocycles. The van der Waals surface area contributed by atoms with E-state index in [4.69, 9.17) is 4.74 Å². The average Bonchev–Trinajstić information content (AvgIpc) is 3.87. The Kier molecular flexibility index (Phi) is 16.2. The van der Waals surface area contributed by atoms with Crippen molar-refractivity contribution >= 4 is 47.4 Å². The van der Waals surface area contributed by atoms with Crippen molar-refractivity contribution in [3.63, 3.8) is 0 Å². The minimum atomic E-state index is -1.26. The van der Waals surface area contributed by atoms with Gasteiger partial charge in [-0.25, -0.2) is 9.59 Å². The zero-order chi connectivity index (χ0) is 48.2. The van der Waals surface area contributed by atoms with Crippen LogP contribution in [-0.2, 0) is 28.6 Å². The van der Waals surface area contributed by atoms with Crippen LogP contribution in [0.5, 0.6) is 0 Å². The van der Waals surface area contributed by atoms with Gasteiger partial charge in [0.25, 0.3) is 0 Å². The lowest BCUT2D eigenvalue weighted by Crippen LogP contribution is -2.59. The van der Waals surface area contributed by atoms with Gasteiger partial charge in [-0.1, -0.05) is 195 Å². The summed E-state index contributed by atoms with van der Waals surface area (Å²) in [5.74, 6) is -1.90. The Morgan fingerprint density at radius 2 is 0.853 bits per heavy atom. The van der Waals surface area contributed by atoms with E-state index in [0.717, 1.165) is 46.2 Å². The normalized spacial score (nSPS) is 15.0. The minimum absolute atomic E-state index is 0.0433. The number of rotatable bonds is 19. The lowest BCUT2D eigenvalue weighted by molar-refractivity contribution is -0.144. The van der Waals surface area contributed by atoms with Crippen LogP contribution in [0.3, 0.4) is 0 Å². The number of thioether (sulfide) groups is 2. The van der Waals surface area contributed by atoms with E-state index in [1.807, 2.05) is 146 Å². The molecule has 0 heterocycles. The zero-order valence-corrected chi connectivity index (χ0v) is 40.7. The van der Waals surface area contributed by atoms with Gasteiger partial charge in [0.1, 0.15) is 17.7 Å². The second-order valence-electron chi connectivity index (χ2n) is 18.3. The monoisotopic (exact) mass is 947 g/mol. The van der Waals surface area contributed by atoms with Crippen molar-refractivity contribution in [2.75, 3.05) is 11.5 Å². The summed E-state index contributed by atoms with van der Waals surface area (Å²) in [6.07, 6.45) is 1.59. The van der Waals surface area contributed by atoms with Crippen molar-refractivity contribution in [2.24, 2.45) is 5.41 Å². The van der Waals surface area contributed by atoms with Crippen LogP contribution in [0.4, 0.5) is 4.79 Å². The van der Waals surface area contributed by atoms with Crippen LogP contribution >= 0.6 is 23.5 Å². The Balaban J connectivity index is 1.17. The van der Waals surface area contributed by atoms with E-state index in [0.29, 0.717) is 12.8 Å². The van der Waals surface area contributed by atoms with Crippen molar-refractivity contribution in [3.05, 3.63) is 215 Å². The van der Waals surface area contributed by atoms with Gasteiger partial charge in [-0.05, 0) is 73.9 Å². The predicted molar refractivity (Wildman–Crippen MR) is 275 cm³/mol. The SMILES string of the molecule is CC(NC(=O)[C@H](CSC(c1ccccc1)(c1ccccc1)c1ccccc1)NC(=O)OC(C)(C)C)C1(C(=O)N[C@@H](CSC(c2ccccc2)(c2ccccc2)c2ccccc2)C(=O)O)CCCC1. The fourth-order valence-corrected chi connectivity index (χ4v) is 12.5. The number of aliphatic carboxylic acids is 1. The van der Waals surface area contributed by atoms with Crippen LogP contribution in [0.25, 0.3) is 0 Å². The first-order chi connectivity index (χ1) is 32.8. The van der Waals surface area contributed by atoms with Gasteiger partial charge in [-0.3, -0.25) is 9.59 Å². The van der Waals surface area contributed by atoms with Crippen molar-refractivity contribution in [2.45, 2.75) is 86.6 Å². The van der Waals surface area contributed by atoms with Gasteiger partial charge < -0.3 is 25.8 Å². The van der Waals surface area contributed by atoms with Gasteiger partial charge in [-0.15, -0.1) is 23.5 Å². The summed E-state index contributed by atoms with van der Waals surface area (Å²) in [7, 11) is 0. The summed E-state index contributed by atoms with van der Waals surface area (Å²) < 4.78 is 4.11. The standard InChI is InChI=1S/C57H61N3O6S2/c1-41(58-50(61)48(60-53(65)66-54(2,3)4)39-67-56(42-25-11-5-12-26-42,43-27-13-6-14-28-43)44-29-15-7-16-30-44)55(37-23-24-38-55)52(64)59-49(51(62)63)40-68-57(45-31-17-8-18-32-45,46-33-19-9-20-34-46)47-35-21-10-22-36-47/h5-22,25-36,41,48-49H,23-24,37-40H2,1-4H3,(H,58,61)(H,59,64)(H,60,65)(H,62,63)/t41?,48-,49-/m0/s1. The Bertz CT molecular complexity index is 2380. The smallest absolute Gasteiger partial charge is 0.408 e. The summed E-state index contributed by atoms with van der Waals surface area (Å²) >= 11 is 2.99. The van der Waals surface area contributed by atoms with Crippen LogP contribution < -0.4 is 16.0 Å². The van der Waals surface area contributed by atoms with E-state index in [-0.39, 0.29) is 11.5 Å². The first-order valence-electron chi connectivity index (χ1n) is 23.2. The van der Waals surface area contributed by atoms with Gasteiger partial charge in [0, 0.05) is 17.5 Å². The molecular weight excluding hydrogens is 887 g/mol. The van der Waals surface area contributed by atoms with Gasteiger partial charge in [-0.2, -0.15) is 0 Å². The highest BCUT2D eigenvalue weighted by atomic mass is 32.2. The third-order valence-corrected chi connectivity index (χ3v) is 16.0. The first-order valence-corrected chi connectivity index (χ1v) is 25.2. The molecule has 0 radical (unpaired) electrons. The van der Waals surface area contributed by atoms with Gasteiger partial charge >= 0.3 is 12.1 Å². The molecule has 6 aromatic carbocycles. The Labute approximate surface area is 409 Å². The third-order valence-electron chi connectivity index (χ3n) is 12.8. The van der Waals surface area contributed by atoms with E-state index in [1.54, 1.807) is 27.7 Å². The molecule has 11 heteroatoms. The molecule has 3 atom stereocenters. The Morgan fingerprint density at radius 3 is 1.16 bits per heavy atom. The second kappa shape index (κ2) is 22.2. The number of amides is 3. The number of carboxylic acids is 1. The van der Waals surface area contributed by atoms with Crippen LogP contribution in [0, 0.1) is 5.41 Å². The third kappa shape index (κ3) is 11.2. The molecule has 0 spiro atoms. The van der Waals surface area contributed by atoms with E-state index >= 15 is 0 Å². The Hall–Kier alpha value is -6.30. The molecule has 1 unspecified atom stereocenters. The summed E-state index contributed by atoms with van der Waals surface area (Å²) in [6.45, 7) is 7.10. The molecule has 0 aliphatic heterocycles. The number of hydrogen-bond donors (Lipinski definition) is 4. The number of nitrogens with one attached hydrogen (secondary N) is 3. The fraction of sp³-hybridized carbons (Fsp3) is 0.298. The van der Waals surface area contributed by atoms with Gasteiger partial charge in [0.15, 0.2) is 0 Å². The molecule has 0 aromatic heterocycles. The number of ether oxygens (including phenoxy) is 1. The number of benzene rings is 6. The van der Waals surface area contributed by atoms with Crippen LogP contribution in [0.15, 0.2) is 182 Å². The van der Waals surface area contributed by atoms with E-state index in [1.165, 1.54) is 23.5 Å².